The van der Waals surface area contributed by atoms with Crippen LogP contribution in [0, 0.1) is 19.8 Å². The van der Waals surface area contributed by atoms with E-state index >= 15 is 0 Å². The molecule has 6 heteroatoms. The van der Waals surface area contributed by atoms with Gasteiger partial charge in [0.2, 0.25) is 5.91 Å². The van der Waals surface area contributed by atoms with Gasteiger partial charge in [-0.2, -0.15) is 0 Å². The molecule has 0 aliphatic heterocycles. The van der Waals surface area contributed by atoms with Crippen molar-refractivity contribution in [3.05, 3.63) is 17.0 Å². The first-order chi connectivity index (χ1) is 8.82. The third-order valence-corrected chi connectivity index (χ3v) is 3.59. The molecule has 1 heterocycles. The summed E-state index contributed by atoms with van der Waals surface area (Å²) in [5, 5.41) is 3.86. The third kappa shape index (κ3) is 5.13. The lowest BCUT2D eigenvalue weighted by atomic mass is 10.0. The second-order valence-electron chi connectivity index (χ2n) is 5.49. The van der Waals surface area contributed by atoms with Crippen LogP contribution in [0.1, 0.15) is 37.3 Å². The van der Waals surface area contributed by atoms with Gasteiger partial charge in [-0.3, -0.25) is 4.79 Å². The molecular weight excluding hydrogens is 278 g/mol. The molecule has 1 rings (SSSR count). The lowest BCUT2D eigenvalue weighted by Gasteiger charge is -2.21. The van der Waals surface area contributed by atoms with Crippen LogP contribution < -0.4 is 5.73 Å². The maximum Gasteiger partial charge on any atom is 0.226 e. The molecule has 20 heavy (non-hydrogen) atoms. The lowest BCUT2D eigenvalue weighted by Crippen LogP contribution is -2.35. The highest BCUT2D eigenvalue weighted by Gasteiger charge is 2.17. The average Bonchev–Trinajstić information content (AvgIpc) is 2.66. The van der Waals surface area contributed by atoms with Gasteiger partial charge in [0.05, 0.1) is 12.1 Å². The van der Waals surface area contributed by atoms with Gasteiger partial charge in [-0.25, -0.2) is 0 Å². The van der Waals surface area contributed by atoms with Gasteiger partial charge in [-0.1, -0.05) is 19.0 Å². The van der Waals surface area contributed by atoms with Crippen molar-refractivity contribution in [2.45, 2.75) is 46.6 Å². The summed E-state index contributed by atoms with van der Waals surface area (Å²) in [6.45, 7) is 8.55. The van der Waals surface area contributed by atoms with Gasteiger partial charge in [0.15, 0.2) is 0 Å². The molecule has 1 unspecified atom stereocenters. The second-order valence-corrected chi connectivity index (χ2v) is 5.49. The molecule has 1 atom stereocenters. The summed E-state index contributed by atoms with van der Waals surface area (Å²) in [6.07, 6.45) is 1.16. The maximum absolute atomic E-state index is 12.1. The van der Waals surface area contributed by atoms with Crippen LogP contribution in [0.4, 0.5) is 0 Å². The summed E-state index contributed by atoms with van der Waals surface area (Å²) >= 11 is 0. The van der Waals surface area contributed by atoms with Gasteiger partial charge in [0, 0.05) is 25.2 Å². The van der Waals surface area contributed by atoms with Gasteiger partial charge < -0.3 is 15.2 Å². The standard InChI is InChI=1S/C14H25N3O2.ClH/c1-9(2)13(15)6-7-17(5)14(18)8-12-10(3)16-19-11(12)4;/h9,13H,6-8,15H2,1-5H3;1H. The molecule has 0 aromatic carbocycles. The van der Waals surface area contributed by atoms with Crippen LogP contribution in [0.5, 0.6) is 0 Å². The number of likely N-dealkylation sites (N-methyl/N-ethyl adjacent to an activating group) is 1. The zero-order valence-electron chi connectivity index (χ0n) is 13.0. The highest BCUT2D eigenvalue weighted by atomic mass is 35.5. The Morgan fingerprint density at radius 3 is 2.45 bits per heavy atom. The summed E-state index contributed by atoms with van der Waals surface area (Å²) in [5.74, 6) is 1.23. The summed E-state index contributed by atoms with van der Waals surface area (Å²) in [6, 6.07) is 0.134. The Morgan fingerprint density at radius 1 is 1.40 bits per heavy atom. The minimum absolute atomic E-state index is 0. The van der Waals surface area contributed by atoms with Crippen LogP contribution in [0.3, 0.4) is 0 Å². The van der Waals surface area contributed by atoms with E-state index in [4.69, 9.17) is 10.3 Å². The van der Waals surface area contributed by atoms with Crippen molar-refractivity contribution in [2.75, 3.05) is 13.6 Å². The molecule has 0 saturated heterocycles. The largest absolute Gasteiger partial charge is 0.361 e. The van der Waals surface area contributed by atoms with E-state index in [1.807, 2.05) is 20.9 Å². The summed E-state index contributed by atoms with van der Waals surface area (Å²) < 4.78 is 5.06. The van der Waals surface area contributed by atoms with Crippen molar-refractivity contribution in [2.24, 2.45) is 11.7 Å². The quantitative estimate of drug-likeness (QED) is 0.873. The van der Waals surface area contributed by atoms with E-state index in [1.165, 1.54) is 0 Å². The number of aromatic nitrogens is 1. The molecule has 0 aliphatic rings. The van der Waals surface area contributed by atoms with Crippen molar-refractivity contribution >= 4 is 18.3 Å². The Morgan fingerprint density at radius 2 is 2.00 bits per heavy atom. The van der Waals surface area contributed by atoms with Crippen LogP contribution in [0.25, 0.3) is 0 Å². The first kappa shape index (κ1) is 18.9. The minimum Gasteiger partial charge on any atom is -0.361 e. The summed E-state index contributed by atoms with van der Waals surface area (Å²) in [7, 11) is 1.81. The number of hydrogen-bond donors (Lipinski definition) is 1. The summed E-state index contributed by atoms with van der Waals surface area (Å²) in [4.78, 5) is 13.8. The number of carbonyl (C=O) groups is 1. The van der Waals surface area contributed by atoms with Crippen LogP contribution >= 0.6 is 12.4 Å². The molecule has 0 spiro atoms. The fourth-order valence-corrected chi connectivity index (χ4v) is 1.84. The molecule has 0 radical (unpaired) electrons. The van der Waals surface area contributed by atoms with Crippen molar-refractivity contribution in [3.8, 4) is 0 Å². The molecule has 0 aliphatic carbocycles. The third-order valence-electron chi connectivity index (χ3n) is 3.59. The number of amides is 1. The van der Waals surface area contributed by atoms with E-state index in [0.717, 1.165) is 23.4 Å². The van der Waals surface area contributed by atoms with E-state index in [2.05, 4.69) is 19.0 Å². The molecule has 1 aromatic heterocycles. The fourth-order valence-electron chi connectivity index (χ4n) is 1.84. The van der Waals surface area contributed by atoms with E-state index < -0.39 is 0 Å². The highest BCUT2D eigenvalue weighted by molar-refractivity contribution is 5.85. The zero-order valence-corrected chi connectivity index (χ0v) is 13.8. The Bertz CT molecular complexity index is 413. The minimum atomic E-state index is 0. The monoisotopic (exact) mass is 303 g/mol. The molecule has 0 saturated carbocycles. The number of carbonyl (C=O) groups excluding carboxylic acids is 1. The first-order valence-corrected chi connectivity index (χ1v) is 6.74. The van der Waals surface area contributed by atoms with Crippen molar-refractivity contribution < 1.29 is 9.32 Å². The zero-order chi connectivity index (χ0) is 14.6. The molecule has 5 nitrogen and oxygen atoms in total. The Balaban J connectivity index is 0.00000361. The molecule has 116 valence electrons. The highest BCUT2D eigenvalue weighted by Crippen LogP contribution is 2.14. The van der Waals surface area contributed by atoms with Gasteiger partial charge in [-0.05, 0) is 26.2 Å². The first-order valence-electron chi connectivity index (χ1n) is 6.74. The molecule has 0 fully saturated rings. The average molecular weight is 304 g/mol. The van der Waals surface area contributed by atoms with Gasteiger partial charge in [0.1, 0.15) is 5.76 Å². The van der Waals surface area contributed by atoms with E-state index in [0.29, 0.717) is 18.9 Å². The van der Waals surface area contributed by atoms with E-state index in [1.54, 1.807) is 4.90 Å². The Kier molecular flexibility index (Phi) is 7.83. The predicted octanol–water partition coefficient (Wildman–Crippen LogP) is 2.09. The number of nitrogens with zero attached hydrogens (tertiary/aromatic N) is 2. The van der Waals surface area contributed by atoms with Gasteiger partial charge >= 0.3 is 0 Å². The smallest absolute Gasteiger partial charge is 0.226 e. The molecule has 1 amide bonds. The van der Waals surface area contributed by atoms with Gasteiger partial charge in [-0.15, -0.1) is 12.4 Å². The van der Waals surface area contributed by atoms with Crippen molar-refractivity contribution in [1.29, 1.82) is 0 Å². The number of nitrogens with two attached hydrogens (primary N) is 1. The van der Waals surface area contributed by atoms with Crippen LogP contribution in [0.15, 0.2) is 4.52 Å². The fraction of sp³-hybridized carbons (Fsp3) is 0.714. The summed E-state index contributed by atoms with van der Waals surface area (Å²) in [5.41, 5.74) is 7.67. The van der Waals surface area contributed by atoms with Gasteiger partial charge in [0.25, 0.3) is 0 Å². The normalized spacial score (nSPS) is 12.2. The lowest BCUT2D eigenvalue weighted by molar-refractivity contribution is -0.129. The molecule has 2 N–H and O–H groups in total. The van der Waals surface area contributed by atoms with E-state index in [9.17, 15) is 4.79 Å². The number of rotatable bonds is 6. The van der Waals surface area contributed by atoms with Crippen molar-refractivity contribution in [3.63, 3.8) is 0 Å². The number of aryl methyl sites for hydroxylation is 2. The van der Waals surface area contributed by atoms with Crippen LogP contribution in [-0.2, 0) is 11.2 Å². The van der Waals surface area contributed by atoms with Crippen LogP contribution in [0.2, 0.25) is 0 Å². The topological polar surface area (TPSA) is 72.4 Å². The van der Waals surface area contributed by atoms with Crippen molar-refractivity contribution in [1.82, 2.24) is 10.1 Å². The van der Waals surface area contributed by atoms with Crippen LogP contribution in [-0.4, -0.2) is 35.6 Å². The molecular formula is C14H26ClN3O2. The molecule has 0 bridgehead atoms. The predicted molar refractivity (Wildman–Crippen MR) is 82.0 cm³/mol. The second kappa shape index (κ2) is 8.27. The van der Waals surface area contributed by atoms with E-state index in [-0.39, 0.29) is 24.4 Å². The Labute approximate surface area is 127 Å². The SMILES string of the molecule is Cc1noc(C)c1CC(=O)N(C)CCC(N)C(C)C.Cl. The number of hydrogen-bond acceptors (Lipinski definition) is 4. The molecule has 1 aromatic rings. The number of halogens is 1. The Hall–Kier alpha value is -1.07. The maximum atomic E-state index is 12.1.